The van der Waals surface area contributed by atoms with E-state index < -0.39 is 16.6 Å². The van der Waals surface area contributed by atoms with Crippen LogP contribution in [0.5, 0.6) is 5.75 Å². The molecule has 1 heterocycles. The number of rotatable bonds is 7. The highest BCUT2D eigenvalue weighted by Gasteiger charge is 2.26. The molecule has 0 unspecified atom stereocenters. The monoisotopic (exact) mass is 433 g/mol. The summed E-state index contributed by atoms with van der Waals surface area (Å²) in [6, 6.07) is 13.6. The molecule has 2 aromatic rings. The van der Waals surface area contributed by atoms with Crippen molar-refractivity contribution in [2.45, 2.75) is 26.9 Å². The maximum absolute atomic E-state index is 12.4. The fraction of sp³-hybridized carbons (Fsp3) is 0.286. The minimum absolute atomic E-state index is 0.0309. The van der Waals surface area contributed by atoms with E-state index in [1.807, 2.05) is 11.8 Å². The summed E-state index contributed by atoms with van der Waals surface area (Å²) in [4.78, 5) is 1.92. The molecular formula is C21H21F2N3O3S. The average molecular weight is 433 g/mol. The molecule has 1 N–H and O–H groups in total. The number of benzene rings is 2. The van der Waals surface area contributed by atoms with Crippen molar-refractivity contribution < 1.29 is 21.9 Å². The van der Waals surface area contributed by atoms with Gasteiger partial charge in [0, 0.05) is 18.7 Å². The molecule has 0 saturated carbocycles. The van der Waals surface area contributed by atoms with Gasteiger partial charge in [0.05, 0.1) is 28.8 Å². The lowest BCUT2D eigenvalue weighted by atomic mass is 9.93. The fourth-order valence-electron chi connectivity index (χ4n) is 3.38. The molecule has 1 aliphatic heterocycles. The minimum atomic E-state index is -3.43. The maximum Gasteiger partial charge on any atom is 0.387 e. The summed E-state index contributed by atoms with van der Waals surface area (Å²) < 4.78 is 55.7. The van der Waals surface area contributed by atoms with Crippen molar-refractivity contribution in [3.8, 4) is 11.8 Å². The molecular weight excluding hydrogens is 412 g/mol. The van der Waals surface area contributed by atoms with Crippen LogP contribution >= 0.6 is 0 Å². The zero-order chi connectivity index (χ0) is 21.9. The van der Waals surface area contributed by atoms with E-state index in [1.54, 1.807) is 37.3 Å². The number of allylic oxidation sites excluding steroid dienone is 1. The van der Waals surface area contributed by atoms with Crippen molar-refractivity contribution in [2.24, 2.45) is 0 Å². The third-order valence-corrected chi connectivity index (χ3v) is 6.06. The van der Waals surface area contributed by atoms with Crippen molar-refractivity contribution in [2.75, 3.05) is 21.9 Å². The summed E-state index contributed by atoms with van der Waals surface area (Å²) in [7, 11) is -3.43. The van der Waals surface area contributed by atoms with Crippen LogP contribution in [0.1, 0.15) is 25.0 Å². The van der Waals surface area contributed by atoms with Crippen LogP contribution < -0.4 is 14.4 Å². The molecule has 6 nitrogen and oxygen atoms in total. The highest BCUT2D eigenvalue weighted by molar-refractivity contribution is 7.92. The Morgan fingerprint density at radius 1 is 1.20 bits per heavy atom. The van der Waals surface area contributed by atoms with Gasteiger partial charge in [-0.15, -0.1) is 0 Å². The van der Waals surface area contributed by atoms with Gasteiger partial charge in [-0.25, -0.2) is 8.42 Å². The smallest absolute Gasteiger partial charge is 0.387 e. The molecule has 2 aromatic carbocycles. The van der Waals surface area contributed by atoms with E-state index in [0.29, 0.717) is 35.5 Å². The molecule has 0 bridgehead atoms. The van der Waals surface area contributed by atoms with Crippen LogP contribution in [0.2, 0.25) is 0 Å². The largest absolute Gasteiger partial charge is 0.435 e. The molecule has 0 spiro atoms. The molecule has 1 aliphatic rings. The predicted molar refractivity (Wildman–Crippen MR) is 112 cm³/mol. The number of halogens is 2. The number of anilines is 2. The lowest BCUT2D eigenvalue weighted by Crippen LogP contribution is -2.27. The van der Waals surface area contributed by atoms with Crippen molar-refractivity contribution >= 4 is 27.1 Å². The Labute approximate surface area is 174 Å². The van der Waals surface area contributed by atoms with Gasteiger partial charge in [0.15, 0.2) is 0 Å². The van der Waals surface area contributed by atoms with Crippen LogP contribution in [-0.2, 0) is 16.4 Å². The van der Waals surface area contributed by atoms with Gasteiger partial charge < -0.3 is 9.64 Å². The van der Waals surface area contributed by atoms with Crippen LogP contribution in [0.25, 0.3) is 5.70 Å². The maximum atomic E-state index is 12.4. The molecule has 0 radical (unpaired) electrons. The molecule has 0 atom stereocenters. The van der Waals surface area contributed by atoms with E-state index in [9.17, 15) is 22.5 Å². The quantitative estimate of drug-likeness (QED) is 0.701. The molecule has 0 aromatic heterocycles. The van der Waals surface area contributed by atoms with E-state index in [-0.39, 0.29) is 11.5 Å². The van der Waals surface area contributed by atoms with Gasteiger partial charge in [0.1, 0.15) is 5.75 Å². The second-order valence-corrected chi connectivity index (χ2v) is 8.62. The van der Waals surface area contributed by atoms with Crippen LogP contribution in [0, 0.1) is 11.3 Å². The second kappa shape index (κ2) is 8.71. The van der Waals surface area contributed by atoms with Gasteiger partial charge in [0.25, 0.3) is 0 Å². The number of nitriles is 1. The normalized spacial score (nSPS) is 13.8. The minimum Gasteiger partial charge on any atom is -0.435 e. The Hall–Kier alpha value is -3.12. The van der Waals surface area contributed by atoms with Gasteiger partial charge in [-0.1, -0.05) is 6.07 Å². The fourth-order valence-corrected chi connectivity index (χ4v) is 4.01. The second-order valence-electron chi connectivity index (χ2n) is 6.61. The molecule has 0 saturated heterocycles. The zero-order valence-corrected chi connectivity index (χ0v) is 17.3. The molecule has 0 fully saturated rings. The number of hydrogen-bond acceptors (Lipinski definition) is 5. The Bertz CT molecular complexity index is 1110. The van der Waals surface area contributed by atoms with Crippen LogP contribution in [-0.4, -0.2) is 27.3 Å². The number of alkyl halides is 2. The lowest BCUT2D eigenvalue weighted by molar-refractivity contribution is -0.0498. The first-order valence-electron chi connectivity index (χ1n) is 9.37. The number of nitrogens with zero attached hydrogens (tertiary/aromatic N) is 2. The SMILES string of the molecule is CCN1C(c2ccc(OC(F)F)cc2)=C(C#N)Cc2ccc(NS(=O)(=O)CC)cc21. The summed E-state index contributed by atoms with van der Waals surface area (Å²) in [5, 5.41) is 9.72. The highest BCUT2D eigenvalue weighted by Crippen LogP contribution is 2.39. The van der Waals surface area contributed by atoms with E-state index >= 15 is 0 Å². The molecule has 9 heteroatoms. The highest BCUT2D eigenvalue weighted by atomic mass is 32.2. The van der Waals surface area contributed by atoms with Crippen molar-refractivity contribution in [1.82, 2.24) is 0 Å². The van der Waals surface area contributed by atoms with Gasteiger partial charge >= 0.3 is 6.61 Å². The molecule has 0 amide bonds. The topological polar surface area (TPSA) is 82.4 Å². The van der Waals surface area contributed by atoms with Crippen LogP contribution in [0.3, 0.4) is 0 Å². The Morgan fingerprint density at radius 2 is 1.90 bits per heavy atom. The molecule has 30 heavy (non-hydrogen) atoms. The third-order valence-electron chi connectivity index (χ3n) is 4.76. The standard InChI is InChI=1S/C21H21F2N3O3S/c1-3-26-19-12-17(25-30(27,28)4-2)8-5-15(19)11-16(13-24)20(26)14-6-9-18(10-7-14)29-21(22)23/h5-10,12,21,25H,3-4,11H2,1-2H3. The number of fused-ring (bicyclic) bond motifs is 1. The van der Waals surface area contributed by atoms with Gasteiger partial charge in [0.2, 0.25) is 10.0 Å². The Morgan fingerprint density at radius 3 is 2.47 bits per heavy atom. The number of nitrogens with one attached hydrogen (secondary N) is 1. The number of ether oxygens (including phenoxy) is 1. The zero-order valence-electron chi connectivity index (χ0n) is 16.5. The van der Waals surface area contributed by atoms with E-state index in [4.69, 9.17) is 0 Å². The van der Waals surface area contributed by atoms with Crippen LogP contribution in [0.4, 0.5) is 20.2 Å². The summed E-state index contributed by atoms with van der Waals surface area (Å²) >= 11 is 0. The van der Waals surface area contributed by atoms with Crippen molar-refractivity contribution in [1.29, 1.82) is 5.26 Å². The predicted octanol–water partition coefficient (Wildman–Crippen LogP) is 4.37. The lowest BCUT2D eigenvalue weighted by Gasteiger charge is -2.34. The van der Waals surface area contributed by atoms with Gasteiger partial charge in [-0.05, 0) is 61.4 Å². The number of sulfonamides is 1. The van der Waals surface area contributed by atoms with E-state index in [0.717, 1.165) is 11.3 Å². The summed E-state index contributed by atoms with van der Waals surface area (Å²) in [6.07, 6.45) is 0.383. The number of hydrogen-bond donors (Lipinski definition) is 1. The van der Waals surface area contributed by atoms with E-state index in [2.05, 4.69) is 15.5 Å². The average Bonchev–Trinajstić information content (AvgIpc) is 2.72. The first-order valence-corrected chi connectivity index (χ1v) is 11.0. The Kier molecular flexibility index (Phi) is 6.27. The third kappa shape index (κ3) is 4.54. The van der Waals surface area contributed by atoms with Gasteiger partial charge in [-0.2, -0.15) is 14.0 Å². The molecule has 158 valence electrons. The summed E-state index contributed by atoms with van der Waals surface area (Å²) in [5.41, 5.74) is 4.00. The molecule has 3 rings (SSSR count). The Balaban J connectivity index is 2.03. The van der Waals surface area contributed by atoms with Crippen molar-refractivity contribution in [3.05, 3.63) is 59.2 Å². The van der Waals surface area contributed by atoms with Crippen molar-refractivity contribution in [3.63, 3.8) is 0 Å². The van der Waals surface area contributed by atoms with E-state index in [1.165, 1.54) is 12.1 Å². The molecule has 0 aliphatic carbocycles. The van der Waals surface area contributed by atoms with Crippen LogP contribution in [0.15, 0.2) is 48.0 Å². The van der Waals surface area contributed by atoms with Gasteiger partial charge in [-0.3, -0.25) is 4.72 Å². The summed E-state index contributed by atoms with van der Waals surface area (Å²) in [5.74, 6) is -0.0124. The first kappa shape index (κ1) is 21.6. The first-order chi connectivity index (χ1) is 14.3. The summed E-state index contributed by atoms with van der Waals surface area (Å²) in [6.45, 7) is 1.08.